The van der Waals surface area contributed by atoms with Gasteiger partial charge >= 0.3 is 0 Å². The van der Waals surface area contributed by atoms with Crippen LogP contribution < -0.4 is 4.74 Å². The maximum absolute atomic E-state index is 13.0. The van der Waals surface area contributed by atoms with E-state index in [1.807, 2.05) is 19.2 Å². The number of carbonyl (C=O) groups is 1. The third kappa shape index (κ3) is 3.02. The van der Waals surface area contributed by atoms with Gasteiger partial charge in [0.1, 0.15) is 0 Å². The number of benzene rings is 1. The number of ether oxygens (including phenoxy) is 1. The van der Waals surface area contributed by atoms with Gasteiger partial charge in [0.05, 0.1) is 41.1 Å². The molecule has 3 aromatic rings. The van der Waals surface area contributed by atoms with Gasteiger partial charge in [0, 0.05) is 34.5 Å². The van der Waals surface area contributed by atoms with Gasteiger partial charge < -0.3 is 14.6 Å². The van der Waals surface area contributed by atoms with E-state index in [2.05, 4.69) is 15.0 Å². The zero-order valence-corrected chi connectivity index (χ0v) is 17.9. The quantitative estimate of drug-likeness (QED) is 0.599. The Balaban J connectivity index is 1.75. The number of aromatic amines is 1. The summed E-state index contributed by atoms with van der Waals surface area (Å²) in [6, 6.07) is 1.89. The number of hydrogen-bond donors (Lipinski definition) is 1. The number of H-pyrrole nitrogens is 1. The summed E-state index contributed by atoms with van der Waals surface area (Å²) < 4.78 is 5.06. The summed E-state index contributed by atoms with van der Waals surface area (Å²) in [4.78, 5) is 27.4. The first-order chi connectivity index (χ1) is 13.5. The lowest BCUT2D eigenvalue weighted by Gasteiger charge is -2.33. The minimum absolute atomic E-state index is 0.150. The van der Waals surface area contributed by atoms with Gasteiger partial charge in [-0.25, -0.2) is 9.97 Å². The Morgan fingerprint density at radius 2 is 2.04 bits per heavy atom. The first-order valence-corrected chi connectivity index (χ1v) is 10.7. The number of aromatic nitrogens is 3. The van der Waals surface area contributed by atoms with E-state index in [1.165, 1.54) is 19.5 Å². The standard InChI is InChI=1S/C19H18Cl2N4O2S/c1-9-14-11-6-13(28-3)15(20)16(21)17(11)24-12(14)4-5-25(9)19(26)18-22-7-10(27-2)8-23-18/h6-9,24H,4-5H2,1-3H3/t9-/m0/s1. The molecule has 0 saturated carbocycles. The lowest BCUT2D eigenvalue weighted by atomic mass is 9.97. The molecular weight excluding hydrogens is 419 g/mol. The topological polar surface area (TPSA) is 71.1 Å². The summed E-state index contributed by atoms with van der Waals surface area (Å²) in [6.45, 7) is 2.57. The largest absolute Gasteiger partial charge is 0.494 e. The van der Waals surface area contributed by atoms with E-state index in [-0.39, 0.29) is 17.8 Å². The molecule has 0 unspecified atom stereocenters. The number of hydrogen-bond acceptors (Lipinski definition) is 5. The molecule has 1 amide bonds. The Hall–Kier alpha value is -1.96. The van der Waals surface area contributed by atoms with Gasteiger partial charge in [-0.05, 0) is 19.2 Å². The van der Waals surface area contributed by atoms with Crippen LogP contribution >= 0.6 is 35.0 Å². The summed E-state index contributed by atoms with van der Waals surface area (Å²) in [7, 11) is 1.53. The van der Waals surface area contributed by atoms with Crippen molar-refractivity contribution < 1.29 is 9.53 Å². The van der Waals surface area contributed by atoms with Crippen molar-refractivity contribution in [3.8, 4) is 5.75 Å². The third-order valence-corrected chi connectivity index (χ3v) is 6.83. The third-order valence-electron chi connectivity index (χ3n) is 5.09. The van der Waals surface area contributed by atoms with E-state index in [9.17, 15) is 4.79 Å². The number of fused-ring (bicyclic) bond motifs is 3. The molecule has 1 N–H and O–H groups in total. The normalized spacial score (nSPS) is 16.3. The van der Waals surface area contributed by atoms with Crippen molar-refractivity contribution in [2.24, 2.45) is 0 Å². The number of halogens is 2. The highest BCUT2D eigenvalue weighted by atomic mass is 35.5. The number of carbonyl (C=O) groups excluding carboxylic acids is 1. The molecule has 28 heavy (non-hydrogen) atoms. The molecular formula is C19H18Cl2N4O2S. The second-order valence-corrected chi connectivity index (χ2v) is 8.12. The van der Waals surface area contributed by atoms with Gasteiger partial charge in [0.2, 0.25) is 5.82 Å². The first-order valence-electron chi connectivity index (χ1n) is 8.69. The Morgan fingerprint density at radius 1 is 1.32 bits per heavy atom. The molecule has 0 fully saturated rings. The van der Waals surface area contributed by atoms with Gasteiger partial charge in [-0.15, -0.1) is 11.8 Å². The van der Waals surface area contributed by atoms with E-state index in [0.29, 0.717) is 28.8 Å². The molecule has 0 spiro atoms. The average Bonchev–Trinajstić information content (AvgIpc) is 3.10. The molecule has 0 aliphatic carbocycles. The fourth-order valence-corrected chi connectivity index (χ4v) is 4.87. The summed E-state index contributed by atoms with van der Waals surface area (Å²) in [5.41, 5.74) is 2.96. The van der Waals surface area contributed by atoms with Crippen LogP contribution in [0.15, 0.2) is 23.4 Å². The number of amides is 1. The van der Waals surface area contributed by atoms with Crippen LogP contribution in [0.4, 0.5) is 0 Å². The van der Waals surface area contributed by atoms with Crippen molar-refractivity contribution in [2.75, 3.05) is 19.9 Å². The van der Waals surface area contributed by atoms with Gasteiger partial charge in [0.25, 0.3) is 5.91 Å². The minimum atomic E-state index is -0.208. The maximum Gasteiger partial charge on any atom is 0.292 e. The molecule has 9 heteroatoms. The van der Waals surface area contributed by atoms with Crippen LogP contribution in [0.2, 0.25) is 10.0 Å². The van der Waals surface area contributed by atoms with Crippen LogP contribution in [-0.2, 0) is 6.42 Å². The van der Waals surface area contributed by atoms with Crippen LogP contribution in [0, 0.1) is 0 Å². The van der Waals surface area contributed by atoms with Gasteiger partial charge in [0.15, 0.2) is 5.75 Å². The predicted molar refractivity (Wildman–Crippen MR) is 112 cm³/mol. The monoisotopic (exact) mass is 436 g/mol. The molecule has 0 bridgehead atoms. The fraction of sp³-hybridized carbons (Fsp3) is 0.316. The Kier molecular flexibility index (Phi) is 5.16. The van der Waals surface area contributed by atoms with E-state index >= 15 is 0 Å². The zero-order chi connectivity index (χ0) is 20.0. The number of thioether (sulfide) groups is 1. The lowest BCUT2D eigenvalue weighted by Crippen LogP contribution is -2.39. The molecule has 1 aromatic carbocycles. The molecule has 1 aliphatic heterocycles. The molecule has 146 valence electrons. The van der Waals surface area contributed by atoms with Crippen molar-refractivity contribution >= 4 is 51.8 Å². The van der Waals surface area contributed by atoms with Crippen LogP contribution in [0.5, 0.6) is 5.75 Å². The molecule has 6 nitrogen and oxygen atoms in total. The van der Waals surface area contributed by atoms with E-state index in [0.717, 1.165) is 27.1 Å². The van der Waals surface area contributed by atoms with Gasteiger partial charge in [-0.2, -0.15) is 0 Å². The van der Waals surface area contributed by atoms with Crippen molar-refractivity contribution in [1.82, 2.24) is 19.9 Å². The van der Waals surface area contributed by atoms with Crippen molar-refractivity contribution in [1.29, 1.82) is 0 Å². The van der Waals surface area contributed by atoms with Gasteiger partial charge in [-0.1, -0.05) is 23.2 Å². The highest BCUT2D eigenvalue weighted by molar-refractivity contribution is 7.98. The summed E-state index contributed by atoms with van der Waals surface area (Å²) in [5.74, 6) is 0.459. The lowest BCUT2D eigenvalue weighted by molar-refractivity contribution is 0.0665. The molecule has 0 saturated heterocycles. The van der Waals surface area contributed by atoms with E-state index < -0.39 is 0 Å². The zero-order valence-electron chi connectivity index (χ0n) is 15.5. The average molecular weight is 437 g/mol. The van der Waals surface area contributed by atoms with Crippen LogP contribution in [-0.4, -0.2) is 45.7 Å². The van der Waals surface area contributed by atoms with Crippen molar-refractivity contribution in [3.63, 3.8) is 0 Å². The van der Waals surface area contributed by atoms with Crippen LogP contribution in [0.3, 0.4) is 0 Å². The number of nitrogens with one attached hydrogen (secondary N) is 1. The van der Waals surface area contributed by atoms with Crippen molar-refractivity contribution in [2.45, 2.75) is 24.3 Å². The second-order valence-electron chi connectivity index (χ2n) is 6.52. The summed E-state index contributed by atoms with van der Waals surface area (Å²) in [5, 5.41) is 2.06. The van der Waals surface area contributed by atoms with Crippen LogP contribution in [0.25, 0.3) is 10.9 Å². The number of rotatable bonds is 3. The Bertz CT molecular complexity index is 1070. The maximum atomic E-state index is 13.0. The van der Waals surface area contributed by atoms with E-state index in [4.69, 9.17) is 27.9 Å². The van der Waals surface area contributed by atoms with Gasteiger partial charge in [-0.3, -0.25) is 4.79 Å². The van der Waals surface area contributed by atoms with E-state index in [1.54, 1.807) is 16.7 Å². The number of methoxy groups -OCH3 is 1. The Labute approximate surface area is 176 Å². The molecule has 4 rings (SSSR count). The molecule has 1 aliphatic rings. The minimum Gasteiger partial charge on any atom is -0.494 e. The summed E-state index contributed by atoms with van der Waals surface area (Å²) in [6.07, 6.45) is 5.65. The Morgan fingerprint density at radius 3 is 2.68 bits per heavy atom. The highest BCUT2D eigenvalue weighted by Gasteiger charge is 2.33. The highest BCUT2D eigenvalue weighted by Crippen LogP contribution is 2.43. The smallest absolute Gasteiger partial charge is 0.292 e. The fourth-order valence-electron chi connectivity index (χ4n) is 3.66. The molecule has 2 aromatic heterocycles. The summed E-state index contributed by atoms with van der Waals surface area (Å²) >= 11 is 14.4. The molecule has 3 heterocycles. The first kappa shape index (κ1) is 19.4. The molecule has 1 atom stereocenters. The van der Waals surface area contributed by atoms with Crippen LogP contribution in [0.1, 0.15) is 34.8 Å². The van der Waals surface area contributed by atoms with Crippen molar-refractivity contribution in [3.05, 3.63) is 45.6 Å². The second kappa shape index (κ2) is 7.46. The SMILES string of the molecule is COc1cnc(C(=O)N2CCc3[nH]c4c(Cl)c(Cl)c(SC)cc4c3[C@@H]2C)nc1. The number of nitrogens with zero attached hydrogens (tertiary/aromatic N) is 3. The predicted octanol–water partition coefficient (Wildman–Crippen LogP) is 4.75. The molecule has 0 radical (unpaired) electrons.